The highest BCUT2D eigenvalue weighted by Gasteiger charge is 2.54. The van der Waals surface area contributed by atoms with Gasteiger partial charge in [-0.3, -0.25) is 14.5 Å². The van der Waals surface area contributed by atoms with E-state index in [1.54, 1.807) is 7.05 Å². The SMILES string of the molecule is CO/N=C(/C(=O)NC1C(=O)N2C(C(=O)O)=C(CSc3nnnn3C)CS[C@H]12)c1csnn1. The van der Waals surface area contributed by atoms with Crippen LogP contribution in [0.1, 0.15) is 5.69 Å². The molecule has 2 amide bonds. The monoisotopic (exact) mass is 497 g/mol. The summed E-state index contributed by atoms with van der Waals surface area (Å²) in [5.74, 6) is -1.73. The van der Waals surface area contributed by atoms with Crippen molar-refractivity contribution >= 4 is 58.6 Å². The Morgan fingerprint density at radius 3 is 2.88 bits per heavy atom. The van der Waals surface area contributed by atoms with Crippen molar-refractivity contribution < 1.29 is 24.3 Å². The first-order chi connectivity index (χ1) is 15.4. The van der Waals surface area contributed by atoms with E-state index < -0.39 is 29.2 Å². The Balaban J connectivity index is 1.49. The van der Waals surface area contributed by atoms with Gasteiger partial charge in [0.05, 0.1) is 0 Å². The van der Waals surface area contributed by atoms with Gasteiger partial charge in [-0.2, -0.15) is 0 Å². The third-order valence-electron chi connectivity index (χ3n) is 4.49. The fourth-order valence-electron chi connectivity index (χ4n) is 3.06. The van der Waals surface area contributed by atoms with Crippen molar-refractivity contribution in [3.05, 3.63) is 22.3 Å². The molecule has 2 N–H and O–H groups in total. The van der Waals surface area contributed by atoms with E-state index in [0.717, 1.165) is 11.5 Å². The number of oxime groups is 1. The van der Waals surface area contributed by atoms with Gasteiger partial charge in [-0.05, 0) is 27.5 Å². The van der Waals surface area contributed by atoms with Gasteiger partial charge >= 0.3 is 5.97 Å². The van der Waals surface area contributed by atoms with Crippen molar-refractivity contribution in [1.82, 2.24) is 40.0 Å². The number of hydrogen-bond acceptors (Lipinski definition) is 13. The van der Waals surface area contributed by atoms with Crippen LogP contribution in [0.15, 0.2) is 27.0 Å². The number of hydrogen-bond donors (Lipinski definition) is 2. The highest BCUT2D eigenvalue weighted by Crippen LogP contribution is 2.41. The van der Waals surface area contributed by atoms with Gasteiger partial charge in [0.15, 0.2) is 5.71 Å². The predicted octanol–water partition coefficient (Wildman–Crippen LogP) is -1.06. The van der Waals surface area contributed by atoms with Crippen molar-refractivity contribution in [2.24, 2.45) is 12.2 Å². The minimum Gasteiger partial charge on any atom is -0.477 e. The number of β-lactam (4-membered cyclic amide) rings is 1. The number of rotatable bonds is 8. The summed E-state index contributed by atoms with van der Waals surface area (Å²) in [6.07, 6.45) is 0. The Morgan fingerprint density at radius 2 is 2.25 bits per heavy atom. The lowest BCUT2D eigenvalue weighted by Gasteiger charge is -2.49. The summed E-state index contributed by atoms with van der Waals surface area (Å²) >= 11 is 3.67. The first kappa shape index (κ1) is 22.2. The Morgan fingerprint density at radius 1 is 1.44 bits per heavy atom. The molecule has 1 unspecified atom stereocenters. The molecule has 2 aromatic rings. The van der Waals surface area contributed by atoms with Crippen LogP contribution in [-0.4, -0.2) is 93.3 Å². The van der Waals surface area contributed by atoms with Gasteiger partial charge in [-0.1, -0.05) is 21.4 Å². The summed E-state index contributed by atoms with van der Waals surface area (Å²) in [6.45, 7) is 0. The molecule has 1 saturated heterocycles. The number of thioether (sulfide) groups is 2. The minimum absolute atomic E-state index is 0.0821. The molecule has 0 spiro atoms. The molecular weight excluding hydrogens is 482 g/mol. The van der Waals surface area contributed by atoms with Gasteiger partial charge < -0.3 is 15.3 Å². The highest BCUT2D eigenvalue weighted by molar-refractivity contribution is 8.01. The molecule has 4 heterocycles. The lowest BCUT2D eigenvalue weighted by molar-refractivity contribution is -0.150. The van der Waals surface area contributed by atoms with Crippen molar-refractivity contribution in [1.29, 1.82) is 0 Å². The number of aryl methyl sites for hydroxylation is 1. The van der Waals surface area contributed by atoms with E-state index in [1.165, 1.54) is 45.6 Å². The number of tetrazole rings is 1. The molecule has 2 aliphatic heterocycles. The number of carbonyl (C=O) groups excluding carboxylic acids is 2. The van der Waals surface area contributed by atoms with Crippen molar-refractivity contribution in [2.75, 3.05) is 18.6 Å². The van der Waals surface area contributed by atoms with Crippen LogP contribution in [0.4, 0.5) is 0 Å². The highest BCUT2D eigenvalue weighted by atomic mass is 32.2. The molecule has 32 heavy (non-hydrogen) atoms. The number of carboxylic acid groups (broad SMARTS) is 1. The molecule has 14 nitrogen and oxygen atoms in total. The second kappa shape index (κ2) is 9.21. The second-order valence-electron chi connectivity index (χ2n) is 6.40. The molecule has 2 atom stereocenters. The summed E-state index contributed by atoms with van der Waals surface area (Å²) in [5, 5.41) is 32.4. The number of nitrogens with one attached hydrogen (secondary N) is 1. The lowest BCUT2D eigenvalue weighted by atomic mass is 10.0. The molecule has 2 aromatic heterocycles. The van der Waals surface area contributed by atoms with Gasteiger partial charge in [0.1, 0.15) is 29.9 Å². The van der Waals surface area contributed by atoms with E-state index >= 15 is 0 Å². The van der Waals surface area contributed by atoms with Gasteiger partial charge in [-0.15, -0.1) is 22.0 Å². The molecular formula is C15H15N9O5S3. The fraction of sp³-hybridized carbons (Fsp3) is 0.400. The quantitative estimate of drug-likeness (QED) is 0.196. The zero-order chi connectivity index (χ0) is 22.8. The number of fused-ring (bicyclic) bond motifs is 1. The average molecular weight is 498 g/mol. The normalized spacial score (nSPS) is 20.6. The maximum Gasteiger partial charge on any atom is 0.352 e. The van der Waals surface area contributed by atoms with Gasteiger partial charge in [0.2, 0.25) is 5.16 Å². The molecule has 0 bridgehead atoms. The fourth-order valence-corrected chi connectivity index (χ4v) is 5.84. The summed E-state index contributed by atoms with van der Waals surface area (Å²) in [6, 6.07) is -0.910. The van der Waals surface area contributed by atoms with Crippen LogP contribution < -0.4 is 5.32 Å². The number of aromatic nitrogens is 6. The second-order valence-corrected chi connectivity index (χ2v) is 9.06. The predicted molar refractivity (Wildman–Crippen MR) is 113 cm³/mol. The summed E-state index contributed by atoms with van der Waals surface area (Å²) in [5.41, 5.74) is 0.566. The lowest BCUT2D eigenvalue weighted by Crippen LogP contribution is -2.71. The van der Waals surface area contributed by atoms with Crippen molar-refractivity contribution in [3.63, 3.8) is 0 Å². The van der Waals surface area contributed by atoms with Crippen LogP contribution in [0.3, 0.4) is 0 Å². The molecule has 17 heteroatoms. The topological polar surface area (TPSA) is 178 Å². The van der Waals surface area contributed by atoms with E-state index in [1.807, 2.05) is 0 Å². The van der Waals surface area contributed by atoms with Gasteiger partial charge in [-0.25, -0.2) is 9.48 Å². The summed E-state index contributed by atoms with van der Waals surface area (Å²) in [7, 11) is 2.95. The molecule has 0 saturated carbocycles. The maximum atomic E-state index is 12.8. The molecule has 0 aromatic carbocycles. The summed E-state index contributed by atoms with van der Waals surface area (Å²) in [4.78, 5) is 43.3. The van der Waals surface area contributed by atoms with E-state index in [4.69, 9.17) is 4.84 Å². The Kier molecular flexibility index (Phi) is 6.38. The summed E-state index contributed by atoms with van der Waals surface area (Å²) < 4.78 is 5.16. The zero-order valence-corrected chi connectivity index (χ0v) is 19.0. The van der Waals surface area contributed by atoms with E-state index in [9.17, 15) is 19.5 Å². The molecule has 2 aliphatic rings. The number of amides is 2. The van der Waals surface area contributed by atoms with Crippen molar-refractivity contribution in [3.8, 4) is 0 Å². The standard InChI is InChI=1S/C15H15N9O5S3/c1-23-15(18-20-21-23)31-4-6-3-30-13-9(12(26)24(13)10(6)14(27)28)16-11(25)8(19-29-2)7-5-32-22-17-7/h5,9,13H,3-4H2,1-2H3,(H,16,25)(H,27,28)/b19-8+/t9?,13-/m1/s1. The minimum atomic E-state index is -1.21. The number of aliphatic carboxylic acids is 1. The molecule has 1 fully saturated rings. The van der Waals surface area contributed by atoms with Crippen molar-refractivity contribution in [2.45, 2.75) is 16.6 Å². The largest absolute Gasteiger partial charge is 0.477 e. The zero-order valence-electron chi connectivity index (χ0n) is 16.5. The van der Waals surface area contributed by atoms with E-state index in [0.29, 0.717) is 22.2 Å². The van der Waals surface area contributed by atoms with Crippen LogP contribution in [0.25, 0.3) is 0 Å². The smallest absolute Gasteiger partial charge is 0.352 e. The molecule has 4 rings (SSSR count). The first-order valence-corrected chi connectivity index (χ1v) is 11.7. The average Bonchev–Trinajstić information content (AvgIpc) is 3.45. The van der Waals surface area contributed by atoms with Gasteiger partial charge in [0, 0.05) is 23.9 Å². The third kappa shape index (κ3) is 4.05. The molecule has 0 radical (unpaired) electrons. The van der Waals surface area contributed by atoms with E-state index in [2.05, 4.69) is 35.6 Å². The Hall–Kier alpha value is -3.05. The number of carboxylic acids is 1. The maximum absolute atomic E-state index is 12.8. The van der Waals surface area contributed by atoms with Crippen LogP contribution in [-0.2, 0) is 26.3 Å². The first-order valence-electron chi connectivity index (χ1n) is 8.87. The van der Waals surface area contributed by atoms with Crippen LogP contribution in [0, 0.1) is 0 Å². The van der Waals surface area contributed by atoms with Crippen LogP contribution in [0.5, 0.6) is 0 Å². The molecule has 168 valence electrons. The number of carbonyl (C=O) groups is 3. The Bertz CT molecular complexity index is 1120. The Labute approximate surface area is 192 Å². The van der Waals surface area contributed by atoms with Gasteiger partial charge in [0.25, 0.3) is 11.8 Å². The van der Waals surface area contributed by atoms with Crippen LogP contribution in [0.2, 0.25) is 0 Å². The third-order valence-corrected chi connectivity index (χ3v) is 7.43. The number of nitrogens with zero attached hydrogens (tertiary/aromatic N) is 8. The van der Waals surface area contributed by atoms with E-state index in [-0.39, 0.29) is 17.1 Å². The molecule has 0 aliphatic carbocycles. The van der Waals surface area contributed by atoms with Crippen LogP contribution >= 0.6 is 35.1 Å².